The summed E-state index contributed by atoms with van der Waals surface area (Å²) in [5.41, 5.74) is 8.08. The molecule has 6 heteroatoms. The van der Waals surface area contributed by atoms with Gasteiger partial charge < -0.3 is 10.5 Å². The topological polar surface area (TPSA) is 53.1 Å². The number of benzene rings is 1. The Morgan fingerprint density at radius 1 is 1.39 bits per heavy atom. The van der Waals surface area contributed by atoms with Gasteiger partial charge >= 0.3 is 0 Å². The number of aromatic nitrogens is 2. The molecule has 3 rings (SSSR count). The van der Waals surface area contributed by atoms with Crippen LogP contribution in [0.4, 0.5) is 4.39 Å². The monoisotopic (exact) mass is 269 g/mol. The van der Waals surface area contributed by atoms with Crippen LogP contribution in [0.1, 0.15) is 17.3 Å². The van der Waals surface area contributed by atoms with Crippen LogP contribution in [0.3, 0.4) is 0 Å². The average Bonchev–Trinajstić information content (AvgIpc) is 2.75. The number of para-hydroxylation sites is 1. The fourth-order valence-electron chi connectivity index (χ4n) is 2.04. The number of hydrogen-bond donors (Lipinski definition) is 1. The van der Waals surface area contributed by atoms with Crippen LogP contribution in [0, 0.1) is 5.82 Å². The molecule has 1 aromatic carbocycles. The van der Waals surface area contributed by atoms with E-state index in [-0.39, 0.29) is 24.3 Å². The second-order valence-corrected chi connectivity index (χ2v) is 4.03. The predicted octanol–water partition coefficient (Wildman–Crippen LogP) is 1.96. The Labute approximate surface area is 110 Å². The van der Waals surface area contributed by atoms with E-state index in [4.69, 9.17) is 10.5 Å². The third-order valence-electron chi connectivity index (χ3n) is 2.92. The minimum atomic E-state index is -0.308. The van der Waals surface area contributed by atoms with Crippen LogP contribution in [-0.2, 0) is 11.3 Å². The van der Waals surface area contributed by atoms with Gasteiger partial charge in [-0.1, -0.05) is 12.1 Å². The molecule has 0 bridgehead atoms. The zero-order valence-electron chi connectivity index (χ0n) is 9.54. The highest BCUT2D eigenvalue weighted by Gasteiger charge is 2.23. The summed E-state index contributed by atoms with van der Waals surface area (Å²) in [5, 5.41) is 4.20. The molecule has 0 amide bonds. The van der Waals surface area contributed by atoms with Crippen molar-refractivity contribution in [3.63, 3.8) is 0 Å². The van der Waals surface area contributed by atoms with Crippen LogP contribution in [0.2, 0.25) is 0 Å². The number of halogens is 2. The zero-order chi connectivity index (χ0) is 11.8. The lowest BCUT2D eigenvalue weighted by atomic mass is 10.1. The summed E-state index contributed by atoms with van der Waals surface area (Å²) in [7, 11) is 0. The molecule has 2 N–H and O–H groups in total. The number of nitrogens with two attached hydrogens (primary N) is 1. The lowest BCUT2D eigenvalue weighted by Crippen LogP contribution is -2.24. The molecule has 1 aromatic heterocycles. The molecule has 1 aliphatic rings. The van der Waals surface area contributed by atoms with Gasteiger partial charge in [-0.3, -0.25) is 0 Å². The van der Waals surface area contributed by atoms with Crippen molar-refractivity contribution in [3.8, 4) is 5.69 Å². The summed E-state index contributed by atoms with van der Waals surface area (Å²) in [6.45, 7) is 0.896. The smallest absolute Gasteiger partial charge is 0.148 e. The lowest BCUT2D eigenvalue weighted by Gasteiger charge is -2.20. The van der Waals surface area contributed by atoms with Gasteiger partial charge in [-0.25, -0.2) is 9.07 Å². The van der Waals surface area contributed by atoms with Crippen molar-refractivity contribution in [3.05, 3.63) is 47.5 Å². The van der Waals surface area contributed by atoms with Gasteiger partial charge in [0.05, 0.1) is 31.1 Å². The van der Waals surface area contributed by atoms with Gasteiger partial charge in [0.1, 0.15) is 11.5 Å². The molecule has 0 fully saturated rings. The molecule has 4 nitrogen and oxygen atoms in total. The Morgan fingerprint density at radius 2 is 2.17 bits per heavy atom. The molecule has 2 heterocycles. The molecule has 0 radical (unpaired) electrons. The first-order chi connectivity index (χ1) is 8.27. The number of hydrogen-bond acceptors (Lipinski definition) is 3. The van der Waals surface area contributed by atoms with E-state index in [0.717, 1.165) is 11.3 Å². The first-order valence-electron chi connectivity index (χ1n) is 5.42. The van der Waals surface area contributed by atoms with Gasteiger partial charge in [0.25, 0.3) is 0 Å². The Kier molecular flexibility index (Phi) is 3.65. The number of rotatable bonds is 1. The van der Waals surface area contributed by atoms with E-state index in [1.54, 1.807) is 29.1 Å². The minimum Gasteiger partial charge on any atom is -0.373 e. The Bertz CT molecular complexity index is 558. The van der Waals surface area contributed by atoms with E-state index in [1.807, 2.05) is 0 Å². The molecule has 1 aliphatic heterocycles. The fourth-order valence-corrected chi connectivity index (χ4v) is 2.04. The van der Waals surface area contributed by atoms with Gasteiger partial charge in [-0.05, 0) is 12.1 Å². The van der Waals surface area contributed by atoms with Crippen LogP contribution in [-0.4, -0.2) is 16.4 Å². The van der Waals surface area contributed by atoms with E-state index in [2.05, 4.69) is 5.10 Å². The minimum absolute atomic E-state index is 0. The van der Waals surface area contributed by atoms with Crippen LogP contribution in [0.15, 0.2) is 30.5 Å². The maximum absolute atomic E-state index is 13.7. The van der Waals surface area contributed by atoms with Crippen molar-refractivity contribution in [2.45, 2.75) is 12.6 Å². The molecule has 1 atom stereocenters. The maximum Gasteiger partial charge on any atom is 0.148 e. The predicted molar refractivity (Wildman–Crippen MR) is 67.4 cm³/mol. The summed E-state index contributed by atoms with van der Waals surface area (Å²) in [6, 6.07) is 6.34. The molecule has 0 saturated heterocycles. The van der Waals surface area contributed by atoms with Crippen LogP contribution >= 0.6 is 12.4 Å². The van der Waals surface area contributed by atoms with Crippen molar-refractivity contribution < 1.29 is 9.13 Å². The third kappa shape index (κ3) is 2.01. The van der Waals surface area contributed by atoms with Crippen molar-refractivity contribution >= 4 is 12.4 Å². The molecule has 0 spiro atoms. The van der Waals surface area contributed by atoms with Gasteiger partial charge in [-0.2, -0.15) is 5.10 Å². The highest BCUT2D eigenvalue weighted by molar-refractivity contribution is 5.85. The Morgan fingerprint density at radius 3 is 2.94 bits per heavy atom. The SMILES string of the molecule is Cl.NC1COCc2c1cnn2-c1ccccc1F. The van der Waals surface area contributed by atoms with Crippen molar-refractivity contribution in [2.75, 3.05) is 6.61 Å². The van der Waals surface area contributed by atoms with Gasteiger partial charge in [0, 0.05) is 5.56 Å². The standard InChI is InChI=1S/C12H12FN3O.ClH/c13-9-3-1-2-4-11(9)16-12-7-17-6-10(14)8(12)5-15-16;/h1-5,10H,6-7,14H2;1H. The van der Waals surface area contributed by atoms with Crippen molar-refractivity contribution in [1.29, 1.82) is 0 Å². The molecular weight excluding hydrogens is 257 g/mol. The summed E-state index contributed by atoms with van der Waals surface area (Å²) >= 11 is 0. The zero-order valence-corrected chi connectivity index (χ0v) is 10.4. The third-order valence-corrected chi connectivity index (χ3v) is 2.92. The van der Waals surface area contributed by atoms with E-state index in [0.29, 0.717) is 18.9 Å². The van der Waals surface area contributed by atoms with Crippen LogP contribution < -0.4 is 5.73 Å². The van der Waals surface area contributed by atoms with Crippen molar-refractivity contribution in [1.82, 2.24) is 9.78 Å². The van der Waals surface area contributed by atoms with E-state index in [1.165, 1.54) is 6.07 Å². The summed E-state index contributed by atoms with van der Waals surface area (Å²) in [5.74, 6) is -0.308. The van der Waals surface area contributed by atoms with E-state index >= 15 is 0 Å². The lowest BCUT2D eigenvalue weighted by molar-refractivity contribution is 0.0884. The highest BCUT2D eigenvalue weighted by atomic mass is 35.5. The molecule has 18 heavy (non-hydrogen) atoms. The fraction of sp³-hybridized carbons (Fsp3) is 0.250. The molecule has 2 aromatic rings. The normalized spacial score (nSPS) is 18.0. The second kappa shape index (κ2) is 5.06. The number of fused-ring (bicyclic) bond motifs is 1. The number of nitrogens with zero attached hydrogens (tertiary/aromatic N) is 2. The summed E-state index contributed by atoms with van der Waals surface area (Å²) < 4.78 is 20.6. The first-order valence-corrected chi connectivity index (χ1v) is 5.42. The van der Waals surface area contributed by atoms with Crippen LogP contribution in [0.25, 0.3) is 5.69 Å². The Hall–Kier alpha value is -1.43. The Balaban J connectivity index is 0.00000120. The number of ether oxygens (including phenoxy) is 1. The van der Waals surface area contributed by atoms with E-state index < -0.39 is 0 Å². The largest absolute Gasteiger partial charge is 0.373 e. The molecule has 0 aliphatic carbocycles. The summed E-state index contributed by atoms with van der Waals surface area (Å²) in [6.07, 6.45) is 1.69. The van der Waals surface area contributed by atoms with Gasteiger partial charge in [0.2, 0.25) is 0 Å². The highest BCUT2D eigenvalue weighted by Crippen LogP contribution is 2.25. The second-order valence-electron chi connectivity index (χ2n) is 4.03. The van der Waals surface area contributed by atoms with E-state index in [9.17, 15) is 4.39 Å². The average molecular weight is 270 g/mol. The van der Waals surface area contributed by atoms with Crippen molar-refractivity contribution in [2.24, 2.45) is 5.73 Å². The van der Waals surface area contributed by atoms with Gasteiger partial charge in [0.15, 0.2) is 0 Å². The van der Waals surface area contributed by atoms with Crippen LogP contribution in [0.5, 0.6) is 0 Å². The molecular formula is C12H13ClFN3O. The summed E-state index contributed by atoms with van der Waals surface area (Å²) in [4.78, 5) is 0. The maximum atomic E-state index is 13.7. The molecule has 0 saturated carbocycles. The van der Waals surface area contributed by atoms with Gasteiger partial charge in [-0.15, -0.1) is 12.4 Å². The molecule has 96 valence electrons. The molecule has 1 unspecified atom stereocenters. The first kappa shape index (κ1) is 13.0. The quantitative estimate of drug-likeness (QED) is 0.861.